The summed E-state index contributed by atoms with van der Waals surface area (Å²) in [6.45, 7) is 1.64. The third kappa shape index (κ3) is 2.47. The van der Waals surface area contributed by atoms with Gasteiger partial charge in [-0.2, -0.15) is 12.6 Å². The molecule has 0 spiro atoms. The van der Waals surface area contributed by atoms with E-state index in [0.717, 1.165) is 36.3 Å². The molecule has 0 radical (unpaired) electrons. The van der Waals surface area contributed by atoms with Gasteiger partial charge < -0.3 is 9.88 Å². The molecule has 19 heavy (non-hydrogen) atoms. The average Bonchev–Trinajstić information content (AvgIpc) is 3.02. The fourth-order valence-corrected chi connectivity index (χ4v) is 2.93. The van der Waals surface area contributed by atoms with E-state index in [1.54, 1.807) is 0 Å². The second kappa shape index (κ2) is 5.25. The molecule has 0 aromatic carbocycles. The van der Waals surface area contributed by atoms with Crippen molar-refractivity contribution >= 4 is 29.6 Å². The Morgan fingerprint density at radius 1 is 1.47 bits per heavy atom. The summed E-state index contributed by atoms with van der Waals surface area (Å²) in [6.07, 6.45) is 5.25. The molecule has 1 saturated heterocycles. The van der Waals surface area contributed by atoms with Crippen molar-refractivity contribution in [1.82, 2.24) is 14.9 Å². The smallest absolute Gasteiger partial charge is 0.222 e. The average molecular weight is 275 g/mol. The number of nitrogens with zero attached hydrogens (tertiary/aromatic N) is 2. The molecule has 0 bridgehead atoms. The first-order chi connectivity index (χ1) is 9.28. The largest absolute Gasteiger partial charge is 0.346 e. The third-order valence-corrected chi connectivity index (χ3v) is 4.27. The predicted molar refractivity (Wildman–Crippen MR) is 78.3 cm³/mol. The summed E-state index contributed by atoms with van der Waals surface area (Å²) < 4.78 is 0. The molecule has 1 fully saturated rings. The van der Waals surface area contributed by atoms with Crippen molar-refractivity contribution in [1.29, 1.82) is 0 Å². The van der Waals surface area contributed by atoms with Crippen molar-refractivity contribution in [2.75, 3.05) is 18.8 Å². The zero-order chi connectivity index (χ0) is 13.2. The minimum atomic E-state index is 0.262. The standard InChI is InChI=1S/C14H17N3OS/c18-13-7-10(9-19)8-17(13)6-3-11-1-4-15-14-12(11)2-5-16-14/h1-2,4-5,10,19H,3,6-9H2,(H,15,16). The number of aromatic nitrogens is 2. The molecule has 2 aromatic rings. The molecule has 1 amide bonds. The number of carbonyl (C=O) groups excluding carboxylic acids is 1. The molecule has 3 heterocycles. The number of aromatic amines is 1. The summed E-state index contributed by atoms with van der Waals surface area (Å²) in [5.74, 6) is 1.47. The number of rotatable bonds is 4. The maximum atomic E-state index is 11.9. The summed E-state index contributed by atoms with van der Waals surface area (Å²) in [4.78, 5) is 21.2. The molecule has 4 nitrogen and oxygen atoms in total. The number of amides is 1. The van der Waals surface area contributed by atoms with Gasteiger partial charge in [0.15, 0.2) is 0 Å². The number of hydrogen-bond acceptors (Lipinski definition) is 3. The van der Waals surface area contributed by atoms with Gasteiger partial charge in [-0.25, -0.2) is 4.98 Å². The van der Waals surface area contributed by atoms with Crippen LogP contribution in [-0.2, 0) is 11.2 Å². The zero-order valence-electron chi connectivity index (χ0n) is 10.7. The monoisotopic (exact) mass is 275 g/mol. The van der Waals surface area contributed by atoms with Crippen LogP contribution in [0.2, 0.25) is 0 Å². The lowest BCUT2D eigenvalue weighted by Crippen LogP contribution is -2.27. The van der Waals surface area contributed by atoms with Crippen LogP contribution >= 0.6 is 12.6 Å². The van der Waals surface area contributed by atoms with Crippen molar-refractivity contribution in [2.24, 2.45) is 5.92 Å². The molecule has 3 rings (SSSR count). The van der Waals surface area contributed by atoms with Crippen LogP contribution in [0.5, 0.6) is 0 Å². The van der Waals surface area contributed by atoms with Gasteiger partial charge in [-0.05, 0) is 35.8 Å². The van der Waals surface area contributed by atoms with E-state index in [1.165, 1.54) is 5.56 Å². The first-order valence-corrected chi connectivity index (χ1v) is 7.21. The molecule has 1 aliphatic rings. The third-order valence-electron chi connectivity index (χ3n) is 3.75. The summed E-state index contributed by atoms with van der Waals surface area (Å²) >= 11 is 4.28. The van der Waals surface area contributed by atoms with Gasteiger partial charge in [-0.15, -0.1) is 0 Å². The lowest BCUT2D eigenvalue weighted by atomic mass is 10.1. The summed E-state index contributed by atoms with van der Waals surface area (Å²) in [5, 5.41) is 1.15. The molecule has 1 atom stereocenters. The zero-order valence-corrected chi connectivity index (χ0v) is 11.6. The molecular weight excluding hydrogens is 258 g/mol. The van der Waals surface area contributed by atoms with Gasteiger partial charge in [0.25, 0.3) is 0 Å². The van der Waals surface area contributed by atoms with E-state index in [4.69, 9.17) is 0 Å². The van der Waals surface area contributed by atoms with Crippen molar-refractivity contribution in [3.05, 3.63) is 30.1 Å². The number of hydrogen-bond donors (Lipinski definition) is 2. The first kappa shape index (κ1) is 12.5. The Bertz CT molecular complexity index is 595. The second-order valence-electron chi connectivity index (χ2n) is 5.05. The summed E-state index contributed by atoms with van der Waals surface area (Å²) in [7, 11) is 0. The number of fused-ring (bicyclic) bond motifs is 1. The first-order valence-electron chi connectivity index (χ1n) is 6.57. The highest BCUT2D eigenvalue weighted by molar-refractivity contribution is 7.80. The Kier molecular flexibility index (Phi) is 3.46. The fourth-order valence-electron chi connectivity index (χ4n) is 2.68. The van der Waals surface area contributed by atoms with Crippen LogP contribution in [0.25, 0.3) is 11.0 Å². The number of thiol groups is 1. The highest BCUT2D eigenvalue weighted by Crippen LogP contribution is 2.21. The van der Waals surface area contributed by atoms with E-state index >= 15 is 0 Å². The Labute approximate surface area is 117 Å². The lowest BCUT2D eigenvalue weighted by molar-refractivity contribution is -0.127. The maximum absolute atomic E-state index is 11.9. The number of likely N-dealkylation sites (tertiary alicyclic amines) is 1. The molecule has 1 unspecified atom stereocenters. The minimum Gasteiger partial charge on any atom is -0.346 e. The van der Waals surface area contributed by atoms with Gasteiger partial charge in [-0.3, -0.25) is 4.79 Å². The Morgan fingerprint density at radius 3 is 3.16 bits per heavy atom. The van der Waals surface area contributed by atoms with Gasteiger partial charge in [-0.1, -0.05) is 0 Å². The second-order valence-corrected chi connectivity index (χ2v) is 5.42. The van der Waals surface area contributed by atoms with Crippen LogP contribution in [-0.4, -0.2) is 39.6 Å². The fraction of sp³-hybridized carbons (Fsp3) is 0.429. The van der Waals surface area contributed by atoms with E-state index in [1.807, 2.05) is 29.4 Å². The molecular formula is C14H17N3OS. The highest BCUT2D eigenvalue weighted by Gasteiger charge is 2.28. The van der Waals surface area contributed by atoms with Gasteiger partial charge in [0.05, 0.1) is 0 Å². The van der Waals surface area contributed by atoms with Crippen LogP contribution in [0.3, 0.4) is 0 Å². The maximum Gasteiger partial charge on any atom is 0.222 e. The summed E-state index contributed by atoms with van der Waals surface area (Å²) in [6, 6.07) is 4.08. The topological polar surface area (TPSA) is 49.0 Å². The van der Waals surface area contributed by atoms with Gasteiger partial charge in [0, 0.05) is 37.3 Å². The van der Waals surface area contributed by atoms with Crippen LogP contribution < -0.4 is 0 Å². The minimum absolute atomic E-state index is 0.262. The van der Waals surface area contributed by atoms with E-state index < -0.39 is 0 Å². The molecule has 5 heteroatoms. The Hall–Kier alpha value is -1.49. The molecule has 100 valence electrons. The Morgan fingerprint density at radius 2 is 2.37 bits per heavy atom. The van der Waals surface area contributed by atoms with E-state index in [2.05, 4.69) is 22.6 Å². The van der Waals surface area contributed by atoms with Crippen LogP contribution in [0, 0.1) is 5.92 Å². The number of nitrogens with one attached hydrogen (secondary N) is 1. The van der Waals surface area contributed by atoms with Gasteiger partial charge >= 0.3 is 0 Å². The molecule has 2 aromatic heterocycles. The Balaban J connectivity index is 1.69. The van der Waals surface area contributed by atoms with E-state index in [9.17, 15) is 4.79 Å². The number of H-pyrrole nitrogens is 1. The molecule has 0 aliphatic carbocycles. The normalized spacial score (nSPS) is 19.5. The molecule has 1 aliphatic heterocycles. The van der Waals surface area contributed by atoms with Crippen LogP contribution in [0.4, 0.5) is 0 Å². The van der Waals surface area contributed by atoms with Gasteiger partial charge in [0.1, 0.15) is 5.65 Å². The quantitative estimate of drug-likeness (QED) is 0.837. The van der Waals surface area contributed by atoms with E-state index in [0.29, 0.717) is 12.3 Å². The van der Waals surface area contributed by atoms with E-state index in [-0.39, 0.29) is 5.91 Å². The number of carbonyl (C=O) groups is 1. The molecule has 1 N–H and O–H groups in total. The van der Waals surface area contributed by atoms with Crippen molar-refractivity contribution in [3.63, 3.8) is 0 Å². The van der Waals surface area contributed by atoms with Crippen molar-refractivity contribution < 1.29 is 4.79 Å². The SMILES string of the molecule is O=C1CC(CS)CN1CCc1ccnc2[nH]ccc12. The van der Waals surface area contributed by atoms with Crippen molar-refractivity contribution in [2.45, 2.75) is 12.8 Å². The number of pyridine rings is 1. The van der Waals surface area contributed by atoms with Crippen LogP contribution in [0.15, 0.2) is 24.5 Å². The predicted octanol–water partition coefficient (Wildman–Crippen LogP) is 1.88. The van der Waals surface area contributed by atoms with Crippen molar-refractivity contribution in [3.8, 4) is 0 Å². The molecule has 0 saturated carbocycles. The lowest BCUT2D eigenvalue weighted by Gasteiger charge is -2.16. The summed E-state index contributed by atoms with van der Waals surface area (Å²) in [5.41, 5.74) is 2.16. The highest BCUT2D eigenvalue weighted by atomic mass is 32.1. The van der Waals surface area contributed by atoms with Gasteiger partial charge in [0.2, 0.25) is 5.91 Å². The van der Waals surface area contributed by atoms with Crippen LogP contribution in [0.1, 0.15) is 12.0 Å².